The number of benzene rings is 1. The minimum absolute atomic E-state index is 0.0846. The maximum absolute atomic E-state index is 12.1. The molecular formula is C13H18ClN3O. The van der Waals surface area contributed by atoms with Crippen molar-refractivity contribution in [2.45, 2.75) is 18.9 Å². The predicted octanol–water partition coefficient (Wildman–Crippen LogP) is 1.75. The van der Waals surface area contributed by atoms with Crippen LogP contribution in [0, 0.1) is 0 Å². The smallest absolute Gasteiger partial charge is 0.251 e. The van der Waals surface area contributed by atoms with Gasteiger partial charge in [-0.2, -0.15) is 0 Å². The normalized spacial score (nSPS) is 20.7. The summed E-state index contributed by atoms with van der Waals surface area (Å²) in [5.74, 6) is -0.0846. The van der Waals surface area contributed by atoms with E-state index in [1.54, 1.807) is 18.2 Å². The molecule has 0 bridgehead atoms. The van der Waals surface area contributed by atoms with Gasteiger partial charge in [0.1, 0.15) is 0 Å². The fraction of sp³-hybridized carbons (Fsp3) is 0.462. The van der Waals surface area contributed by atoms with E-state index < -0.39 is 0 Å². The van der Waals surface area contributed by atoms with Crippen molar-refractivity contribution < 1.29 is 4.79 Å². The first-order chi connectivity index (χ1) is 8.56. The molecule has 1 saturated heterocycles. The average Bonchev–Trinajstić information content (AvgIpc) is 2.32. The Labute approximate surface area is 112 Å². The molecular weight excluding hydrogens is 250 g/mol. The molecule has 0 saturated carbocycles. The molecule has 0 aromatic heterocycles. The number of likely N-dealkylation sites (N-methyl/N-ethyl adjacent to an activating group) is 1. The molecule has 3 N–H and O–H groups in total. The third-order valence-corrected chi connectivity index (χ3v) is 3.56. The van der Waals surface area contributed by atoms with E-state index >= 15 is 0 Å². The number of likely N-dealkylation sites (tertiary alicyclic amines) is 1. The van der Waals surface area contributed by atoms with Crippen LogP contribution in [0.5, 0.6) is 0 Å². The molecule has 1 heterocycles. The summed E-state index contributed by atoms with van der Waals surface area (Å²) in [7, 11) is 2.07. The number of piperidine rings is 1. The van der Waals surface area contributed by atoms with Gasteiger partial charge in [0.25, 0.3) is 5.91 Å². The Kier molecular flexibility index (Phi) is 4.09. The van der Waals surface area contributed by atoms with E-state index in [0.29, 0.717) is 16.3 Å². The number of nitrogens with two attached hydrogens (primary N) is 1. The lowest BCUT2D eigenvalue weighted by molar-refractivity contribution is 0.0912. The molecule has 1 unspecified atom stereocenters. The molecule has 1 aromatic carbocycles. The van der Waals surface area contributed by atoms with Crippen LogP contribution < -0.4 is 11.1 Å². The van der Waals surface area contributed by atoms with Gasteiger partial charge in [-0.1, -0.05) is 11.6 Å². The number of hydrogen-bond donors (Lipinski definition) is 2. The highest BCUT2D eigenvalue weighted by Gasteiger charge is 2.19. The first-order valence-electron chi connectivity index (χ1n) is 6.10. The topological polar surface area (TPSA) is 58.4 Å². The van der Waals surface area contributed by atoms with E-state index in [4.69, 9.17) is 17.3 Å². The Bertz CT molecular complexity index is 450. The summed E-state index contributed by atoms with van der Waals surface area (Å²) in [6, 6.07) is 5.18. The Hall–Kier alpha value is -1.26. The van der Waals surface area contributed by atoms with Gasteiger partial charge in [-0.15, -0.1) is 0 Å². The average molecular weight is 268 g/mol. The molecule has 5 heteroatoms. The fourth-order valence-electron chi connectivity index (χ4n) is 2.24. The summed E-state index contributed by atoms with van der Waals surface area (Å²) in [5, 5.41) is 3.51. The number of rotatable bonds is 2. The number of carbonyl (C=O) groups is 1. The van der Waals surface area contributed by atoms with Crippen molar-refractivity contribution in [3.63, 3.8) is 0 Å². The Morgan fingerprint density at radius 3 is 3.00 bits per heavy atom. The summed E-state index contributed by atoms with van der Waals surface area (Å²) in [6.45, 7) is 2.00. The Morgan fingerprint density at radius 1 is 1.56 bits per heavy atom. The van der Waals surface area contributed by atoms with Gasteiger partial charge in [0, 0.05) is 18.2 Å². The quantitative estimate of drug-likeness (QED) is 0.803. The molecule has 1 aliphatic heterocycles. The zero-order valence-corrected chi connectivity index (χ0v) is 11.2. The van der Waals surface area contributed by atoms with Crippen LogP contribution in [0.3, 0.4) is 0 Å². The Morgan fingerprint density at radius 2 is 2.33 bits per heavy atom. The molecule has 0 aliphatic carbocycles. The third-order valence-electron chi connectivity index (χ3n) is 3.22. The highest BCUT2D eigenvalue weighted by molar-refractivity contribution is 6.33. The first-order valence-corrected chi connectivity index (χ1v) is 6.48. The monoisotopic (exact) mass is 267 g/mol. The number of carbonyl (C=O) groups excluding carboxylic acids is 1. The van der Waals surface area contributed by atoms with Crippen molar-refractivity contribution in [2.75, 3.05) is 25.9 Å². The highest BCUT2D eigenvalue weighted by Crippen LogP contribution is 2.19. The van der Waals surface area contributed by atoms with Crippen LogP contribution in [-0.2, 0) is 0 Å². The van der Waals surface area contributed by atoms with Gasteiger partial charge >= 0.3 is 0 Å². The van der Waals surface area contributed by atoms with Crippen molar-refractivity contribution in [1.29, 1.82) is 0 Å². The lowest BCUT2D eigenvalue weighted by Crippen LogP contribution is -2.46. The van der Waals surface area contributed by atoms with Crippen molar-refractivity contribution >= 4 is 23.2 Å². The van der Waals surface area contributed by atoms with Crippen LogP contribution in [0.2, 0.25) is 5.02 Å². The van der Waals surface area contributed by atoms with Gasteiger partial charge in [0.05, 0.1) is 10.7 Å². The zero-order valence-electron chi connectivity index (χ0n) is 10.4. The van der Waals surface area contributed by atoms with Crippen LogP contribution in [0.25, 0.3) is 0 Å². The summed E-state index contributed by atoms with van der Waals surface area (Å²) in [4.78, 5) is 14.3. The van der Waals surface area contributed by atoms with Gasteiger partial charge in [0.2, 0.25) is 0 Å². The molecule has 1 aliphatic rings. The van der Waals surface area contributed by atoms with E-state index in [2.05, 4.69) is 17.3 Å². The molecule has 98 valence electrons. The molecule has 1 aromatic rings. The number of anilines is 1. The summed E-state index contributed by atoms with van der Waals surface area (Å²) in [5.41, 5.74) is 6.69. The standard InChI is InChI=1S/C13H18ClN3O/c1-17-6-2-3-10(8-17)16-13(18)9-4-5-11(14)12(15)7-9/h4-5,7,10H,2-3,6,8,15H2,1H3,(H,16,18). The number of hydrogen-bond acceptors (Lipinski definition) is 3. The van der Waals surface area contributed by atoms with Crippen LogP contribution in [0.1, 0.15) is 23.2 Å². The van der Waals surface area contributed by atoms with Crippen LogP contribution in [0.15, 0.2) is 18.2 Å². The maximum atomic E-state index is 12.1. The molecule has 2 rings (SSSR count). The molecule has 1 fully saturated rings. The SMILES string of the molecule is CN1CCCC(NC(=O)c2ccc(Cl)c(N)c2)C1. The molecule has 1 atom stereocenters. The number of amides is 1. The van der Waals surface area contributed by atoms with E-state index in [1.165, 1.54) is 0 Å². The van der Waals surface area contributed by atoms with Crippen molar-refractivity contribution in [1.82, 2.24) is 10.2 Å². The summed E-state index contributed by atoms with van der Waals surface area (Å²) < 4.78 is 0. The van der Waals surface area contributed by atoms with Crippen molar-refractivity contribution in [3.05, 3.63) is 28.8 Å². The second-order valence-corrected chi connectivity index (χ2v) is 5.22. The van der Waals surface area contributed by atoms with Crippen LogP contribution in [-0.4, -0.2) is 37.0 Å². The first kappa shape index (κ1) is 13.2. The number of nitrogen functional groups attached to an aromatic ring is 1. The maximum Gasteiger partial charge on any atom is 0.251 e. The second kappa shape index (κ2) is 5.59. The molecule has 1 amide bonds. The van der Waals surface area contributed by atoms with Crippen LogP contribution in [0.4, 0.5) is 5.69 Å². The fourth-order valence-corrected chi connectivity index (χ4v) is 2.36. The Balaban J connectivity index is 2.00. The second-order valence-electron chi connectivity index (χ2n) is 4.81. The van der Waals surface area contributed by atoms with Gasteiger partial charge in [-0.05, 0) is 44.6 Å². The lowest BCUT2D eigenvalue weighted by Gasteiger charge is -2.30. The minimum Gasteiger partial charge on any atom is -0.398 e. The van der Waals surface area contributed by atoms with Gasteiger partial charge < -0.3 is 16.0 Å². The molecule has 18 heavy (non-hydrogen) atoms. The number of nitrogens with one attached hydrogen (secondary N) is 1. The zero-order chi connectivity index (χ0) is 13.1. The van der Waals surface area contributed by atoms with Crippen LogP contribution >= 0.6 is 11.6 Å². The van der Waals surface area contributed by atoms with E-state index in [9.17, 15) is 4.79 Å². The van der Waals surface area contributed by atoms with E-state index in [1.807, 2.05) is 0 Å². The van der Waals surface area contributed by atoms with Crippen molar-refractivity contribution in [2.24, 2.45) is 0 Å². The summed E-state index contributed by atoms with van der Waals surface area (Å²) >= 11 is 5.83. The highest BCUT2D eigenvalue weighted by atomic mass is 35.5. The molecule has 0 radical (unpaired) electrons. The summed E-state index contributed by atoms with van der Waals surface area (Å²) in [6.07, 6.45) is 2.14. The predicted molar refractivity (Wildman–Crippen MR) is 73.8 cm³/mol. The molecule has 4 nitrogen and oxygen atoms in total. The lowest BCUT2D eigenvalue weighted by atomic mass is 10.1. The minimum atomic E-state index is -0.0846. The van der Waals surface area contributed by atoms with E-state index in [0.717, 1.165) is 25.9 Å². The van der Waals surface area contributed by atoms with E-state index in [-0.39, 0.29) is 11.9 Å². The van der Waals surface area contributed by atoms with Gasteiger partial charge in [-0.25, -0.2) is 0 Å². The molecule has 0 spiro atoms. The third kappa shape index (κ3) is 3.15. The largest absolute Gasteiger partial charge is 0.398 e. The number of halogens is 1. The van der Waals surface area contributed by atoms with Gasteiger partial charge in [-0.3, -0.25) is 4.79 Å². The van der Waals surface area contributed by atoms with Crippen molar-refractivity contribution in [3.8, 4) is 0 Å². The number of nitrogens with zero attached hydrogens (tertiary/aromatic N) is 1. The van der Waals surface area contributed by atoms with Gasteiger partial charge in [0.15, 0.2) is 0 Å².